The predicted octanol–water partition coefficient (Wildman–Crippen LogP) is 4.26. The van der Waals surface area contributed by atoms with Crippen LogP contribution in [0.25, 0.3) is 16.8 Å². The Bertz CT molecular complexity index is 859. The van der Waals surface area contributed by atoms with Crippen molar-refractivity contribution >= 4 is 22.6 Å². The molecule has 0 radical (unpaired) electrons. The summed E-state index contributed by atoms with van der Waals surface area (Å²) in [4.78, 5) is 12.3. The Kier molecular flexibility index (Phi) is 3.88. The first-order valence-electron chi connectivity index (χ1n) is 7.42. The summed E-state index contributed by atoms with van der Waals surface area (Å²) in [7, 11) is 0. The average Bonchev–Trinajstić information content (AvgIpc) is 2.92. The van der Waals surface area contributed by atoms with Crippen LogP contribution in [0.2, 0.25) is 0 Å². The van der Waals surface area contributed by atoms with Crippen LogP contribution in [-0.2, 0) is 6.54 Å². The lowest BCUT2D eigenvalue weighted by Gasteiger charge is -2.01. The van der Waals surface area contributed by atoms with Gasteiger partial charge in [0.2, 0.25) is 0 Å². The Morgan fingerprint density at radius 3 is 2.68 bits per heavy atom. The minimum absolute atomic E-state index is 0.00871. The Morgan fingerprint density at radius 2 is 1.95 bits per heavy atom. The van der Waals surface area contributed by atoms with Crippen molar-refractivity contribution in [3.05, 3.63) is 71.6 Å². The molecule has 0 saturated heterocycles. The van der Waals surface area contributed by atoms with Gasteiger partial charge in [0.05, 0.1) is 6.20 Å². The van der Waals surface area contributed by atoms with E-state index >= 15 is 0 Å². The molecule has 0 aliphatic rings. The van der Waals surface area contributed by atoms with E-state index in [0.29, 0.717) is 5.56 Å². The third-order valence-corrected chi connectivity index (χ3v) is 3.89. The highest BCUT2D eigenvalue weighted by molar-refractivity contribution is 6.08. The molecule has 110 valence electrons. The van der Waals surface area contributed by atoms with Crippen LogP contribution in [0.4, 0.5) is 0 Å². The molecule has 0 amide bonds. The molecule has 0 fully saturated rings. The van der Waals surface area contributed by atoms with Crippen LogP contribution in [0, 0.1) is 6.92 Å². The van der Waals surface area contributed by atoms with Crippen LogP contribution < -0.4 is 0 Å². The predicted molar refractivity (Wildman–Crippen MR) is 90.0 cm³/mol. The van der Waals surface area contributed by atoms with E-state index in [9.17, 15) is 4.79 Å². The second kappa shape index (κ2) is 5.98. The molecular formula is C19H18N2O. The van der Waals surface area contributed by atoms with E-state index < -0.39 is 0 Å². The molecule has 0 atom stereocenters. The summed E-state index contributed by atoms with van der Waals surface area (Å²) in [5, 5.41) is 6.50. The Labute approximate surface area is 129 Å². The minimum atomic E-state index is 0.00871. The highest BCUT2D eigenvalue weighted by atomic mass is 16.1. The molecule has 3 rings (SSSR count). The third-order valence-electron chi connectivity index (χ3n) is 3.89. The van der Waals surface area contributed by atoms with E-state index in [0.717, 1.165) is 28.6 Å². The zero-order valence-corrected chi connectivity index (χ0v) is 12.8. The molecule has 3 nitrogen and oxygen atoms in total. The van der Waals surface area contributed by atoms with Crippen molar-refractivity contribution in [2.75, 3.05) is 0 Å². The number of hydrogen-bond acceptors (Lipinski definition) is 2. The largest absolute Gasteiger partial charge is 0.289 e. The number of benzene rings is 2. The summed E-state index contributed by atoms with van der Waals surface area (Å²) in [5.74, 6) is 0.00871. The quantitative estimate of drug-likeness (QED) is 0.531. The maximum Gasteiger partial charge on any atom is 0.185 e. The number of carbonyl (C=O) groups excluding carboxylic acids is 1. The van der Waals surface area contributed by atoms with Gasteiger partial charge in [-0.2, -0.15) is 5.10 Å². The number of rotatable bonds is 4. The molecule has 0 unspecified atom stereocenters. The Hall–Kier alpha value is -2.68. The van der Waals surface area contributed by atoms with Crippen molar-refractivity contribution < 1.29 is 4.79 Å². The van der Waals surface area contributed by atoms with E-state index in [2.05, 4.69) is 5.10 Å². The molecule has 0 N–H and O–H groups in total. The zero-order chi connectivity index (χ0) is 15.5. The highest BCUT2D eigenvalue weighted by Crippen LogP contribution is 2.17. The zero-order valence-electron chi connectivity index (χ0n) is 12.8. The number of fused-ring (bicyclic) bond motifs is 1. The summed E-state index contributed by atoms with van der Waals surface area (Å²) >= 11 is 0. The van der Waals surface area contributed by atoms with Crippen molar-refractivity contribution in [1.29, 1.82) is 0 Å². The van der Waals surface area contributed by atoms with Crippen LogP contribution in [0.15, 0.2) is 54.7 Å². The molecule has 22 heavy (non-hydrogen) atoms. The van der Waals surface area contributed by atoms with Crippen LogP contribution >= 0.6 is 0 Å². The van der Waals surface area contributed by atoms with Crippen molar-refractivity contribution in [2.45, 2.75) is 20.4 Å². The smallest absolute Gasteiger partial charge is 0.185 e. The van der Waals surface area contributed by atoms with Gasteiger partial charge in [-0.05, 0) is 42.8 Å². The van der Waals surface area contributed by atoms with Crippen molar-refractivity contribution in [3.63, 3.8) is 0 Å². The number of carbonyl (C=O) groups is 1. The van der Waals surface area contributed by atoms with Gasteiger partial charge in [-0.25, -0.2) is 0 Å². The Morgan fingerprint density at radius 1 is 1.18 bits per heavy atom. The number of ketones is 1. The number of allylic oxidation sites excluding steroid dienone is 1. The summed E-state index contributed by atoms with van der Waals surface area (Å²) in [6.07, 6.45) is 5.25. The molecule has 0 bridgehead atoms. The second-order valence-electron chi connectivity index (χ2n) is 5.26. The van der Waals surface area contributed by atoms with E-state index in [1.165, 1.54) is 0 Å². The first-order chi connectivity index (χ1) is 10.7. The van der Waals surface area contributed by atoms with Gasteiger partial charge in [0, 0.05) is 23.4 Å². The lowest BCUT2D eigenvalue weighted by Crippen LogP contribution is -1.98. The lowest BCUT2D eigenvalue weighted by atomic mass is 10.0. The van der Waals surface area contributed by atoms with Gasteiger partial charge >= 0.3 is 0 Å². The SMILES string of the molecule is CCn1ncc(C=CC(=O)c2ccc3ccccc3c2)c1C. The molecule has 0 aliphatic heterocycles. The molecule has 1 heterocycles. The number of aryl methyl sites for hydroxylation is 1. The van der Waals surface area contributed by atoms with Crippen LogP contribution in [-0.4, -0.2) is 15.6 Å². The van der Waals surface area contributed by atoms with Gasteiger partial charge in [-0.15, -0.1) is 0 Å². The fourth-order valence-corrected chi connectivity index (χ4v) is 2.55. The van der Waals surface area contributed by atoms with Crippen LogP contribution in [0.1, 0.15) is 28.5 Å². The molecule has 0 saturated carbocycles. The summed E-state index contributed by atoms with van der Waals surface area (Å²) < 4.78 is 1.92. The maximum absolute atomic E-state index is 12.3. The summed E-state index contributed by atoms with van der Waals surface area (Å²) in [6, 6.07) is 13.8. The van der Waals surface area contributed by atoms with Gasteiger partial charge < -0.3 is 0 Å². The topological polar surface area (TPSA) is 34.9 Å². The molecule has 1 aromatic heterocycles. The standard InChI is InChI=1S/C19H18N2O/c1-3-21-14(2)18(13-20-21)10-11-19(22)17-9-8-15-6-4-5-7-16(15)12-17/h4-13H,3H2,1-2H3. The van der Waals surface area contributed by atoms with Gasteiger partial charge in [0.25, 0.3) is 0 Å². The van der Waals surface area contributed by atoms with E-state index in [-0.39, 0.29) is 5.78 Å². The molecule has 3 heteroatoms. The van der Waals surface area contributed by atoms with E-state index in [4.69, 9.17) is 0 Å². The second-order valence-corrected chi connectivity index (χ2v) is 5.26. The first kappa shape index (κ1) is 14.3. The molecule has 3 aromatic rings. The summed E-state index contributed by atoms with van der Waals surface area (Å²) in [5.41, 5.74) is 2.76. The van der Waals surface area contributed by atoms with Crippen molar-refractivity contribution in [3.8, 4) is 0 Å². The highest BCUT2D eigenvalue weighted by Gasteiger charge is 2.05. The van der Waals surface area contributed by atoms with E-state index in [1.54, 1.807) is 12.3 Å². The van der Waals surface area contributed by atoms with Crippen LogP contribution in [0.5, 0.6) is 0 Å². The van der Waals surface area contributed by atoms with Crippen molar-refractivity contribution in [1.82, 2.24) is 9.78 Å². The first-order valence-corrected chi connectivity index (χ1v) is 7.42. The van der Waals surface area contributed by atoms with Crippen molar-refractivity contribution in [2.24, 2.45) is 0 Å². The molecule has 0 spiro atoms. The van der Waals surface area contributed by atoms with Gasteiger partial charge in [-0.3, -0.25) is 9.48 Å². The van der Waals surface area contributed by atoms with Gasteiger partial charge in [0.15, 0.2) is 5.78 Å². The lowest BCUT2D eigenvalue weighted by molar-refractivity contribution is 0.104. The van der Waals surface area contributed by atoms with E-state index in [1.807, 2.05) is 67.1 Å². The fourth-order valence-electron chi connectivity index (χ4n) is 2.55. The monoisotopic (exact) mass is 290 g/mol. The normalized spacial score (nSPS) is 11.4. The number of nitrogens with zero attached hydrogens (tertiary/aromatic N) is 2. The maximum atomic E-state index is 12.3. The minimum Gasteiger partial charge on any atom is -0.289 e. The number of hydrogen-bond donors (Lipinski definition) is 0. The Balaban J connectivity index is 1.86. The van der Waals surface area contributed by atoms with Gasteiger partial charge in [0.1, 0.15) is 0 Å². The average molecular weight is 290 g/mol. The molecular weight excluding hydrogens is 272 g/mol. The fraction of sp³-hybridized carbons (Fsp3) is 0.158. The number of aromatic nitrogens is 2. The summed E-state index contributed by atoms with van der Waals surface area (Å²) in [6.45, 7) is 4.89. The molecule has 0 aliphatic carbocycles. The third kappa shape index (κ3) is 2.70. The van der Waals surface area contributed by atoms with Crippen LogP contribution in [0.3, 0.4) is 0 Å². The van der Waals surface area contributed by atoms with Gasteiger partial charge in [-0.1, -0.05) is 36.4 Å². The molecule has 2 aromatic carbocycles.